The monoisotopic (exact) mass is 1240 g/mol. The molecule has 0 aromatic rings. The fraction of sp³-hybridized carbons (Fsp3) is 0.938. The minimum atomic E-state index is -4.95. The molecule has 0 aromatic heterocycles. The molecule has 0 amide bonds. The minimum Gasteiger partial charge on any atom is -0.462 e. The SMILES string of the molecule is CCC(C)CCCCCCCCCCC(=O)O[C@H](COC(=O)CCCCCCCCCC(C)C)COP(=O)(O)OCC(O)COP(=O)(O)OC[C@@H](COC(=O)CCCCCCCCC(C)CC)OC(=O)CCCCCCCCCCCC(C)C. The van der Waals surface area contributed by atoms with Crippen LogP contribution in [0.5, 0.6) is 0 Å². The van der Waals surface area contributed by atoms with Gasteiger partial charge in [-0.15, -0.1) is 0 Å². The smallest absolute Gasteiger partial charge is 0.462 e. The van der Waals surface area contributed by atoms with Gasteiger partial charge in [-0.25, -0.2) is 9.13 Å². The second kappa shape index (κ2) is 55.2. The summed E-state index contributed by atoms with van der Waals surface area (Å²) in [5.41, 5.74) is 0. The van der Waals surface area contributed by atoms with Crippen LogP contribution in [0.1, 0.15) is 312 Å². The van der Waals surface area contributed by atoms with Gasteiger partial charge in [-0.1, -0.05) is 261 Å². The van der Waals surface area contributed by atoms with Crippen molar-refractivity contribution in [1.82, 2.24) is 0 Å². The molecule has 0 spiro atoms. The highest BCUT2D eigenvalue weighted by molar-refractivity contribution is 7.47. The van der Waals surface area contributed by atoms with E-state index in [0.717, 1.165) is 120 Å². The predicted octanol–water partition coefficient (Wildman–Crippen LogP) is 17.8. The van der Waals surface area contributed by atoms with E-state index >= 15 is 0 Å². The number of phosphoric acid groups is 2. The standard InChI is InChI=1S/C65H126O17P2/c1-9-57(7)43-35-27-19-14-15-21-32-40-48-65(70)82-60(51-75-62(67)45-37-29-22-16-18-26-34-42-56(5)6)53-79-83(71,72)77-49-59(66)50-78-84(73,74)80-54-61(52-76-63(68)46-38-30-24-23-28-36-44-58(8)10-2)81-64(69)47-39-31-20-13-11-12-17-25-33-41-55(3)4/h55-61,66H,9-54H2,1-8H3,(H,71,72)(H,73,74)/t57?,58?,59?,60-,61-/m1/s1. The van der Waals surface area contributed by atoms with Gasteiger partial charge in [0.1, 0.15) is 19.3 Å². The summed E-state index contributed by atoms with van der Waals surface area (Å²) in [5, 5.41) is 10.5. The Kier molecular flexibility index (Phi) is 53.9. The lowest BCUT2D eigenvalue weighted by Crippen LogP contribution is -2.30. The number of aliphatic hydroxyl groups excluding tert-OH is 1. The normalized spacial score (nSPS) is 15.1. The quantitative estimate of drug-likeness (QED) is 0.0222. The zero-order valence-electron chi connectivity index (χ0n) is 54.5. The summed E-state index contributed by atoms with van der Waals surface area (Å²) in [6, 6.07) is 0. The molecule has 19 heteroatoms. The molecule has 0 aliphatic rings. The van der Waals surface area contributed by atoms with E-state index in [2.05, 4.69) is 55.4 Å². The Bertz CT molecular complexity index is 1680. The fourth-order valence-corrected chi connectivity index (χ4v) is 11.1. The largest absolute Gasteiger partial charge is 0.472 e. The van der Waals surface area contributed by atoms with Crippen LogP contribution in [0, 0.1) is 23.7 Å². The lowest BCUT2D eigenvalue weighted by Gasteiger charge is -2.21. The van der Waals surface area contributed by atoms with Gasteiger partial charge in [-0.3, -0.25) is 37.3 Å². The Hall–Kier alpha value is -1.94. The number of esters is 4. The van der Waals surface area contributed by atoms with E-state index in [4.69, 9.17) is 37.0 Å². The molecule has 498 valence electrons. The van der Waals surface area contributed by atoms with Gasteiger partial charge in [0.15, 0.2) is 12.2 Å². The van der Waals surface area contributed by atoms with Crippen LogP contribution in [0.15, 0.2) is 0 Å². The molecule has 7 atom stereocenters. The van der Waals surface area contributed by atoms with Crippen LogP contribution in [-0.4, -0.2) is 96.7 Å². The van der Waals surface area contributed by atoms with Crippen LogP contribution in [0.25, 0.3) is 0 Å². The zero-order valence-corrected chi connectivity index (χ0v) is 56.3. The number of aliphatic hydroxyl groups is 1. The summed E-state index contributed by atoms with van der Waals surface area (Å²) in [6.07, 6.45) is 34.9. The van der Waals surface area contributed by atoms with Gasteiger partial charge in [-0.05, 0) is 49.4 Å². The van der Waals surface area contributed by atoms with Crippen LogP contribution in [-0.2, 0) is 65.4 Å². The Balaban J connectivity index is 5.27. The first-order chi connectivity index (χ1) is 40.2. The van der Waals surface area contributed by atoms with Crippen molar-refractivity contribution in [1.29, 1.82) is 0 Å². The third-order valence-electron chi connectivity index (χ3n) is 15.5. The second-order valence-electron chi connectivity index (χ2n) is 24.9. The minimum absolute atomic E-state index is 0.103. The average molecular weight is 1240 g/mol. The molecule has 0 saturated carbocycles. The molecule has 0 radical (unpaired) electrons. The molecule has 84 heavy (non-hydrogen) atoms. The van der Waals surface area contributed by atoms with Crippen molar-refractivity contribution in [3.05, 3.63) is 0 Å². The predicted molar refractivity (Wildman–Crippen MR) is 335 cm³/mol. The second-order valence-corrected chi connectivity index (χ2v) is 27.8. The van der Waals surface area contributed by atoms with Crippen molar-refractivity contribution < 1.29 is 80.2 Å². The third kappa shape index (κ3) is 56.6. The molecular weight excluding hydrogens is 1110 g/mol. The molecule has 5 unspecified atom stereocenters. The van der Waals surface area contributed by atoms with Gasteiger partial charge in [0.2, 0.25) is 0 Å². The highest BCUT2D eigenvalue weighted by Crippen LogP contribution is 2.45. The van der Waals surface area contributed by atoms with E-state index in [0.29, 0.717) is 31.6 Å². The van der Waals surface area contributed by atoms with Crippen molar-refractivity contribution in [3.8, 4) is 0 Å². The van der Waals surface area contributed by atoms with Crippen molar-refractivity contribution in [2.24, 2.45) is 23.7 Å². The molecule has 0 heterocycles. The maximum atomic E-state index is 13.0. The lowest BCUT2D eigenvalue weighted by molar-refractivity contribution is -0.161. The summed E-state index contributed by atoms with van der Waals surface area (Å²) in [7, 11) is -9.89. The number of carbonyl (C=O) groups excluding carboxylic acids is 4. The van der Waals surface area contributed by atoms with Crippen molar-refractivity contribution in [3.63, 3.8) is 0 Å². The molecular formula is C65H126O17P2. The number of phosphoric ester groups is 2. The molecule has 0 fully saturated rings. The molecule has 0 bridgehead atoms. The number of hydrogen-bond acceptors (Lipinski definition) is 15. The maximum Gasteiger partial charge on any atom is 0.472 e. The van der Waals surface area contributed by atoms with E-state index in [9.17, 15) is 43.2 Å². The molecule has 3 N–H and O–H groups in total. The maximum absolute atomic E-state index is 13.0. The Morgan fingerprint density at radius 2 is 0.571 bits per heavy atom. The van der Waals surface area contributed by atoms with Crippen molar-refractivity contribution >= 4 is 39.5 Å². The van der Waals surface area contributed by atoms with Gasteiger partial charge in [0.05, 0.1) is 26.4 Å². The first-order valence-corrected chi connectivity index (χ1v) is 36.8. The Morgan fingerprint density at radius 1 is 0.333 bits per heavy atom. The van der Waals surface area contributed by atoms with E-state index in [-0.39, 0.29) is 25.7 Å². The van der Waals surface area contributed by atoms with Gasteiger partial charge in [0.25, 0.3) is 0 Å². The molecule has 0 aliphatic heterocycles. The fourth-order valence-electron chi connectivity index (χ4n) is 9.54. The molecule has 0 rings (SSSR count). The van der Waals surface area contributed by atoms with Gasteiger partial charge in [0, 0.05) is 25.7 Å². The van der Waals surface area contributed by atoms with Crippen LogP contribution in [0.2, 0.25) is 0 Å². The summed E-state index contributed by atoms with van der Waals surface area (Å²) in [4.78, 5) is 72.3. The number of hydrogen-bond donors (Lipinski definition) is 3. The number of rotatable bonds is 62. The lowest BCUT2D eigenvalue weighted by atomic mass is 9.99. The molecule has 0 aliphatic carbocycles. The van der Waals surface area contributed by atoms with Gasteiger partial charge >= 0.3 is 39.5 Å². The average Bonchev–Trinajstić information content (AvgIpc) is 3.49. The Morgan fingerprint density at radius 3 is 0.845 bits per heavy atom. The molecule has 0 aromatic carbocycles. The molecule has 0 saturated heterocycles. The van der Waals surface area contributed by atoms with E-state index < -0.39 is 97.5 Å². The highest BCUT2D eigenvalue weighted by atomic mass is 31.2. The molecule has 17 nitrogen and oxygen atoms in total. The van der Waals surface area contributed by atoms with Crippen LogP contribution in [0.4, 0.5) is 0 Å². The van der Waals surface area contributed by atoms with Gasteiger partial charge < -0.3 is 33.8 Å². The van der Waals surface area contributed by atoms with Gasteiger partial charge in [-0.2, -0.15) is 0 Å². The number of ether oxygens (including phenoxy) is 4. The van der Waals surface area contributed by atoms with Crippen molar-refractivity contribution in [2.75, 3.05) is 39.6 Å². The summed E-state index contributed by atoms with van der Waals surface area (Å²) in [6.45, 7) is 14.0. The van der Waals surface area contributed by atoms with Crippen LogP contribution >= 0.6 is 15.6 Å². The Labute approximate surface area is 511 Å². The first-order valence-electron chi connectivity index (χ1n) is 33.8. The van der Waals surface area contributed by atoms with Crippen LogP contribution < -0.4 is 0 Å². The summed E-state index contributed by atoms with van der Waals surface area (Å²) < 4.78 is 68.0. The van der Waals surface area contributed by atoms with E-state index in [1.807, 2.05) is 0 Å². The third-order valence-corrected chi connectivity index (χ3v) is 17.4. The zero-order chi connectivity index (χ0) is 62.5. The van der Waals surface area contributed by atoms with E-state index in [1.54, 1.807) is 0 Å². The first kappa shape index (κ1) is 82.1. The summed E-state index contributed by atoms with van der Waals surface area (Å²) >= 11 is 0. The highest BCUT2D eigenvalue weighted by Gasteiger charge is 2.30. The van der Waals surface area contributed by atoms with Crippen molar-refractivity contribution in [2.45, 2.75) is 331 Å². The van der Waals surface area contributed by atoms with E-state index in [1.165, 1.54) is 103 Å². The topological polar surface area (TPSA) is 237 Å². The summed E-state index contributed by atoms with van der Waals surface area (Å²) in [5.74, 6) is 0.802. The van der Waals surface area contributed by atoms with Crippen LogP contribution in [0.3, 0.4) is 0 Å². The number of unbranched alkanes of at least 4 members (excludes halogenated alkanes) is 26. The number of carbonyl (C=O) groups is 4.